The fourth-order valence-corrected chi connectivity index (χ4v) is 2.44. The molecule has 3 heteroatoms. The molecule has 1 atom stereocenters. The molecule has 1 amide bonds. The van der Waals surface area contributed by atoms with E-state index in [-0.39, 0.29) is 17.4 Å². The number of hydrogen-bond acceptors (Lipinski definition) is 2. The van der Waals surface area contributed by atoms with Crippen molar-refractivity contribution in [1.82, 2.24) is 5.32 Å². The molecule has 0 radical (unpaired) electrons. The first-order valence-corrected chi connectivity index (χ1v) is 6.73. The average molecular weight is 240 g/mol. The molecule has 100 valence electrons. The standard InChI is InChI=1S/C14H28N2O/c1-13(2,3)9-11(15)8-12(17)16-10-14(4)6-5-7-14/h11H,5-10,15H2,1-4H3,(H,16,17). The Morgan fingerprint density at radius 1 is 1.41 bits per heavy atom. The van der Waals surface area contributed by atoms with Gasteiger partial charge in [-0.05, 0) is 30.1 Å². The summed E-state index contributed by atoms with van der Waals surface area (Å²) < 4.78 is 0. The zero-order chi connectivity index (χ0) is 13.1. The van der Waals surface area contributed by atoms with Crippen molar-refractivity contribution in [2.24, 2.45) is 16.6 Å². The molecule has 1 aliphatic rings. The minimum atomic E-state index is -0.0239. The van der Waals surface area contributed by atoms with Gasteiger partial charge in [0.25, 0.3) is 0 Å². The predicted octanol–water partition coefficient (Wildman–Crippen LogP) is 2.45. The number of nitrogens with one attached hydrogen (secondary N) is 1. The average Bonchev–Trinajstić information content (AvgIpc) is 2.08. The summed E-state index contributed by atoms with van der Waals surface area (Å²) in [6, 6.07) is -0.0239. The largest absolute Gasteiger partial charge is 0.356 e. The van der Waals surface area contributed by atoms with E-state index < -0.39 is 0 Å². The molecular weight excluding hydrogens is 212 g/mol. The van der Waals surface area contributed by atoms with E-state index in [9.17, 15) is 4.79 Å². The van der Waals surface area contributed by atoms with Crippen molar-refractivity contribution in [3.05, 3.63) is 0 Å². The van der Waals surface area contributed by atoms with Crippen LogP contribution in [0.25, 0.3) is 0 Å². The highest BCUT2D eigenvalue weighted by Gasteiger charge is 2.32. The van der Waals surface area contributed by atoms with Gasteiger partial charge >= 0.3 is 0 Å². The monoisotopic (exact) mass is 240 g/mol. The maximum absolute atomic E-state index is 11.7. The topological polar surface area (TPSA) is 55.1 Å². The lowest BCUT2D eigenvalue weighted by molar-refractivity contribution is -0.122. The molecule has 0 aliphatic heterocycles. The zero-order valence-electron chi connectivity index (χ0n) is 11.8. The molecule has 17 heavy (non-hydrogen) atoms. The number of rotatable bonds is 5. The second-order valence-corrected chi connectivity index (χ2v) is 7.17. The molecule has 1 rings (SSSR count). The zero-order valence-corrected chi connectivity index (χ0v) is 11.8. The Balaban J connectivity index is 2.20. The van der Waals surface area contributed by atoms with Crippen LogP contribution in [0.5, 0.6) is 0 Å². The fraction of sp³-hybridized carbons (Fsp3) is 0.929. The van der Waals surface area contributed by atoms with Crippen LogP contribution in [0.2, 0.25) is 0 Å². The Bertz CT molecular complexity index is 264. The quantitative estimate of drug-likeness (QED) is 0.775. The third-order valence-corrected chi connectivity index (χ3v) is 3.60. The molecule has 1 fully saturated rings. The molecule has 1 unspecified atom stereocenters. The first kappa shape index (κ1) is 14.5. The summed E-state index contributed by atoms with van der Waals surface area (Å²) in [7, 11) is 0. The van der Waals surface area contributed by atoms with E-state index in [0.717, 1.165) is 13.0 Å². The van der Waals surface area contributed by atoms with E-state index >= 15 is 0 Å². The van der Waals surface area contributed by atoms with Crippen LogP contribution in [0, 0.1) is 10.8 Å². The van der Waals surface area contributed by atoms with Crippen molar-refractivity contribution in [3.8, 4) is 0 Å². The maximum Gasteiger partial charge on any atom is 0.221 e. The Morgan fingerprint density at radius 3 is 2.41 bits per heavy atom. The molecule has 0 aromatic rings. The van der Waals surface area contributed by atoms with Crippen LogP contribution in [0.3, 0.4) is 0 Å². The first-order valence-electron chi connectivity index (χ1n) is 6.73. The van der Waals surface area contributed by atoms with Crippen molar-refractivity contribution < 1.29 is 4.79 Å². The molecule has 0 aromatic carbocycles. The van der Waals surface area contributed by atoms with Gasteiger partial charge in [0.1, 0.15) is 0 Å². The second kappa shape index (κ2) is 5.38. The Morgan fingerprint density at radius 2 is 2.00 bits per heavy atom. The molecule has 0 spiro atoms. The summed E-state index contributed by atoms with van der Waals surface area (Å²) in [5.41, 5.74) is 6.53. The number of carbonyl (C=O) groups excluding carboxylic acids is 1. The highest BCUT2D eigenvalue weighted by molar-refractivity contribution is 5.76. The van der Waals surface area contributed by atoms with Crippen molar-refractivity contribution in [2.75, 3.05) is 6.54 Å². The summed E-state index contributed by atoms with van der Waals surface area (Å²) in [4.78, 5) is 11.7. The van der Waals surface area contributed by atoms with Crippen molar-refractivity contribution in [1.29, 1.82) is 0 Å². The maximum atomic E-state index is 11.7. The highest BCUT2D eigenvalue weighted by atomic mass is 16.1. The number of hydrogen-bond donors (Lipinski definition) is 2. The molecule has 3 N–H and O–H groups in total. The lowest BCUT2D eigenvalue weighted by atomic mass is 9.70. The molecule has 1 saturated carbocycles. The second-order valence-electron chi connectivity index (χ2n) is 7.17. The minimum absolute atomic E-state index is 0.0239. The SMILES string of the molecule is CC(C)(C)CC(N)CC(=O)NCC1(C)CCC1. The van der Waals surface area contributed by atoms with Crippen molar-refractivity contribution in [2.45, 2.75) is 65.8 Å². The molecule has 1 aliphatic carbocycles. The van der Waals surface area contributed by atoms with Crippen LogP contribution in [-0.4, -0.2) is 18.5 Å². The molecule has 3 nitrogen and oxygen atoms in total. The van der Waals surface area contributed by atoms with Gasteiger partial charge in [-0.3, -0.25) is 4.79 Å². The van der Waals surface area contributed by atoms with Gasteiger partial charge in [-0.2, -0.15) is 0 Å². The smallest absolute Gasteiger partial charge is 0.221 e. The third kappa shape index (κ3) is 5.53. The predicted molar refractivity (Wildman–Crippen MR) is 71.6 cm³/mol. The van der Waals surface area contributed by atoms with Crippen LogP contribution >= 0.6 is 0 Å². The molecule has 0 bridgehead atoms. The van der Waals surface area contributed by atoms with Gasteiger partial charge in [0.05, 0.1) is 0 Å². The van der Waals surface area contributed by atoms with Gasteiger partial charge in [-0.15, -0.1) is 0 Å². The van der Waals surface area contributed by atoms with Crippen molar-refractivity contribution >= 4 is 5.91 Å². The van der Waals surface area contributed by atoms with Crippen LogP contribution in [0.15, 0.2) is 0 Å². The number of nitrogens with two attached hydrogens (primary N) is 1. The molecular formula is C14H28N2O. The Hall–Kier alpha value is -0.570. The van der Waals surface area contributed by atoms with Gasteiger partial charge in [0.15, 0.2) is 0 Å². The third-order valence-electron chi connectivity index (χ3n) is 3.60. The summed E-state index contributed by atoms with van der Waals surface area (Å²) in [6.45, 7) is 9.51. The summed E-state index contributed by atoms with van der Waals surface area (Å²) in [6.07, 6.45) is 5.11. The van der Waals surface area contributed by atoms with Crippen LogP contribution < -0.4 is 11.1 Å². The van der Waals surface area contributed by atoms with E-state index in [4.69, 9.17) is 5.73 Å². The van der Waals surface area contributed by atoms with E-state index in [1.165, 1.54) is 19.3 Å². The normalized spacial score (nSPS) is 20.5. The number of amides is 1. The summed E-state index contributed by atoms with van der Waals surface area (Å²) in [5, 5.41) is 3.02. The molecule has 0 heterocycles. The lowest BCUT2D eigenvalue weighted by Gasteiger charge is -2.38. The Kier molecular flexibility index (Phi) is 4.59. The van der Waals surface area contributed by atoms with Gasteiger partial charge < -0.3 is 11.1 Å². The molecule has 0 saturated heterocycles. The first-order chi connectivity index (χ1) is 7.70. The summed E-state index contributed by atoms with van der Waals surface area (Å²) in [5.74, 6) is 0.106. The van der Waals surface area contributed by atoms with Gasteiger partial charge in [-0.25, -0.2) is 0 Å². The fourth-order valence-electron chi connectivity index (χ4n) is 2.44. The molecule has 0 aromatic heterocycles. The van der Waals surface area contributed by atoms with Crippen molar-refractivity contribution in [3.63, 3.8) is 0 Å². The minimum Gasteiger partial charge on any atom is -0.356 e. The highest BCUT2D eigenvalue weighted by Crippen LogP contribution is 2.39. The van der Waals surface area contributed by atoms with Gasteiger partial charge in [0, 0.05) is 19.0 Å². The van der Waals surface area contributed by atoms with Crippen LogP contribution in [0.4, 0.5) is 0 Å². The van der Waals surface area contributed by atoms with Gasteiger partial charge in [0.2, 0.25) is 5.91 Å². The van der Waals surface area contributed by atoms with Crippen LogP contribution in [-0.2, 0) is 4.79 Å². The van der Waals surface area contributed by atoms with E-state index in [1.807, 2.05) is 0 Å². The number of carbonyl (C=O) groups is 1. The van der Waals surface area contributed by atoms with E-state index in [2.05, 4.69) is 33.0 Å². The van der Waals surface area contributed by atoms with Gasteiger partial charge in [-0.1, -0.05) is 34.1 Å². The lowest BCUT2D eigenvalue weighted by Crippen LogP contribution is -2.42. The van der Waals surface area contributed by atoms with Crippen LogP contribution in [0.1, 0.15) is 59.8 Å². The summed E-state index contributed by atoms with van der Waals surface area (Å²) >= 11 is 0. The van der Waals surface area contributed by atoms with E-state index in [0.29, 0.717) is 11.8 Å². The van der Waals surface area contributed by atoms with E-state index in [1.54, 1.807) is 0 Å². The Labute approximate surface area is 106 Å².